The summed E-state index contributed by atoms with van der Waals surface area (Å²) in [4.78, 5) is 0. The number of benzene rings is 1. The van der Waals surface area contributed by atoms with Gasteiger partial charge in [0, 0.05) is 17.0 Å². The Balaban J connectivity index is 2.58. The molecular weight excluding hydrogens is 260 g/mol. The molecule has 0 aliphatic carbocycles. The third-order valence-corrected chi connectivity index (χ3v) is 2.49. The topological polar surface area (TPSA) is 20.2 Å². The molecule has 1 rings (SSSR count). The van der Waals surface area contributed by atoms with E-state index in [2.05, 4.69) is 0 Å². The monoisotopic (exact) mass is 270 g/mol. The zero-order valence-electron chi connectivity index (χ0n) is 8.77. The lowest BCUT2D eigenvalue weighted by Gasteiger charge is -2.13. The number of hydrogen-bond donors (Lipinski definition) is 1. The molecule has 1 aromatic rings. The van der Waals surface area contributed by atoms with Crippen LogP contribution in [0.4, 0.5) is 17.6 Å². The average molecular weight is 271 g/mol. The van der Waals surface area contributed by atoms with E-state index in [1.165, 1.54) is 12.1 Å². The molecule has 1 nitrogen and oxygen atoms in total. The quantitative estimate of drug-likeness (QED) is 0.811. The SMILES string of the molecule is OC(CCCC(F)(F)F)c1cc(Cl)ccc1F. The highest BCUT2D eigenvalue weighted by Crippen LogP contribution is 2.28. The smallest absolute Gasteiger partial charge is 0.388 e. The Morgan fingerprint density at radius 2 is 1.94 bits per heavy atom. The highest BCUT2D eigenvalue weighted by atomic mass is 35.5. The second-order valence-corrected chi connectivity index (χ2v) is 4.13. The van der Waals surface area contributed by atoms with E-state index in [1.807, 2.05) is 0 Å². The molecule has 0 aliphatic rings. The molecule has 0 spiro atoms. The van der Waals surface area contributed by atoms with Gasteiger partial charge in [0.15, 0.2) is 0 Å². The Labute approximate surface area is 101 Å². The van der Waals surface area contributed by atoms with Crippen molar-refractivity contribution in [2.24, 2.45) is 0 Å². The van der Waals surface area contributed by atoms with Gasteiger partial charge in [-0.2, -0.15) is 13.2 Å². The molecule has 6 heteroatoms. The highest BCUT2D eigenvalue weighted by Gasteiger charge is 2.27. The molecule has 0 aromatic heterocycles. The summed E-state index contributed by atoms with van der Waals surface area (Å²) in [6, 6.07) is 3.60. The number of hydrogen-bond acceptors (Lipinski definition) is 1. The van der Waals surface area contributed by atoms with Crippen LogP contribution in [-0.2, 0) is 0 Å². The van der Waals surface area contributed by atoms with Crippen molar-refractivity contribution in [2.75, 3.05) is 0 Å². The Bertz CT molecular complexity index is 378. The van der Waals surface area contributed by atoms with Crippen molar-refractivity contribution >= 4 is 11.6 Å². The molecule has 17 heavy (non-hydrogen) atoms. The maximum Gasteiger partial charge on any atom is 0.389 e. The summed E-state index contributed by atoms with van der Waals surface area (Å²) in [5.41, 5.74) is -0.0697. The standard InChI is InChI=1S/C11H11ClF4O/c12-7-3-4-9(13)8(6-7)10(17)2-1-5-11(14,15)16/h3-4,6,10,17H,1-2,5H2. The molecule has 1 N–H and O–H groups in total. The maximum absolute atomic E-state index is 13.2. The third kappa shape index (κ3) is 4.91. The fraction of sp³-hybridized carbons (Fsp3) is 0.455. The second-order valence-electron chi connectivity index (χ2n) is 3.69. The van der Waals surface area contributed by atoms with Crippen LogP contribution in [0.15, 0.2) is 18.2 Å². The van der Waals surface area contributed by atoms with Crippen LogP contribution in [0.3, 0.4) is 0 Å². The summed E-state index contributed by atoms with van der Waals surface area (Å²) >= 11 is 5.61. The van der Waals surface area contributed by atoms with E-state index in [0.29, 0.717) is 0 Å². The van der Waals surface area contributed by atoms with E-state index >= 15 is 0 Å². The number of aliphatic hydroxyl groups excluding tert-OH is 1. The summed E-state index contributed by atoms with van der Waals surface area (Å²) in [6.07, 6.45) is -6.93. The van der Waals surface area contributed by atoms with E-state index < -0.39 is 24.5 Å². The van der Waals surface area contributed by atoms with Crippen LogP contribution in [-0.4, -0.2) is 11.3 Å². The minimum atomic E-state index is -4.26. The molecule has 0 amide bonds. The molecule has 0 bridgehead atoms. The van der Waals surface area contributed by atoms with Gasteiger partial charge in [-0.15, -0.1) is 0 Å². The van der Waals surface area contributed by atoms with Gasteiger partial charge in [0.1, 0.15) is 5.82 Å². The molecule has 0 saturated carbocycles. The molecular formula is C11H11ClF4O. The first kappa shape index (κ1) is 14.3. The number of halogens is 5. The molecule has 0 saturated heterocycles. The maximum atomic E-state index is 13.2. The third-order valence-electron chi connectivity index (χ3n) is 2.25. The van der Waals surface area contributed by atoms with Gasteiger partial charge < -0.3 is 5.11 Å². The average Bonchev–Trinajstić information content (AvgIpc) is 2.19. The van der Waals surface area contributed by atoms with Crippen molar-refractivity contribution in [3.8, 4) is 0 Å². The first-order valence-corrected chi connectivity index (χ1v) is 5.37. The van der Waals surface area contributed by atoms with Crippen LogP contribution < -0.4 is 0 Å². The highest BCUT2D eigenvalue weighted by molar-refractivity contribution is 6.30. The molecule has 1 unspecified atom stereocenters. The van der Waals surface area contributed by atoms with Gasteiger partial charge in [-0.25, -0.2) is 4.39 Å². The van der Waals surface area contributed by atoms with Gasteiger partial charge in [0.05, 0.1) is 6.10 Å². The van der Waals surface area contributed by atoms with E-state index in [4.69, 9.17) is 11.6 Å². The summed E-state index contributed by atoms with van der Waals surface area (Å²) < 4.78 is 48.9. The van der Waals surface area contributed by atoms with Crippen LogP contribution in [0.25, 0.3) is 0 Å². The van der Waals surface area contributed by atoms with Gasteiger partial charge in [0.25, 0.3) is 0 Å². The van der Waals surface area contributed by atoms with Crippen LogP contribution in [0.1, 0.15) is 30.9 Å². The molecule has 0 fully saturated rings. The first-order chi connectivity index (χ1) is 7.79. The predicted molar refractivity (Wildman–Crippen MR) is 56.3 cm³/mol. The Kier molecular flexibility index (Phi) is 4.77. The van der Waals surface area contributed by atoms with Crippen molar-refractivity contribution in [3.63, 3.8) is 0 Å². The molecule has 0 heterocycles. The van der Waals surface area contributed by atoms with Gasteiger partial charge in [-0.1, -0.05) is 11.6 Å². The molecule has 1 atom stereocenters. The summed E-state index contributed by atoms with van der Waals surface area (Å²) in [5.74, 6) is -0.672. The van der Waals surface area contributed by atoms with Gasteiger partial charge in [-0.05, 0) is 31.0 Å². The van der Waals surface area contributed by atoms with Crippen LogP contribution in [0.5, 0.6) is 0 Å². The van der Waals surface area contributed by atoms with Gasteiger partial charge in [-0.3, -0.25) is 0 Å². The Morgan fingerprint density at radius 3 is 2.53 bits per heavy atom. The first-order valence-electron chi connectivity index (χ1n) is 4.99. The zero-order valence-corrected chi connectivity index (χ0v) is 9.52. The lowest BCUT2D eigenvalue weighted by atomic mass is 10.0. The summed E-state index contributed by atoms with van der Waals surface area (Å²) in [5, 5.41) is 9.79. The minimum absolute atomic E-state index is 0.0697. The molecule has 0 radical (unpaired) electrons. The fourth-order valence-electron chi connectivity index (χ4n) is 1.42. The van der Waals surface area contributed by atoms with Crippen molar-refractivity contribution in [1.29, 1.82) is 0 Å². The van der Waals surface area contributed by atoms with E-state index in [0.717, 1.165) is 6.07 Å². The van der Waals surface area contributed by atoms with Crippen molar-refractivity contribution in [1.82, 2.24) is 0 Å². The van der Waals surface area contributed by atoms with Crippen molar-refractivity contribution in [3.05, 3.63) is 34.6 Å². The van der Waals surface area contributed by atoms with Crippen LogP contribution in [0, 0.1) is 5.82 Å². The van der Waals surface area contributed by atoms with Crippen molar-refractivity contribution in [2.45, 2.75) is 31.5 Å². The van der Waals surface area contributed by atoms with E-state index in [-0.39, 0.29) is 23.4 Å². The number of rotatable bonds is 4. The lowest BCUT2D eigenvalue weighted by molar-refractivity contribution is -0.136. The second kappa shape index (κ2) is 5.69. The summed E-state index contributed by atoms with van der Waals surface area (Å²) in [6.45, 7) is 0. The molecule has 0 aliphatic heterocycles. The Morgan fingerprint density at radius 1 is 1.29 bits per heavy atom. The number of aliphatic hydroxyl groups is 1. The van der Waals surface area contributed by atoms with Crippen LogP contribution >= 0.6 is 11.6 Å². The van der Waals surface area contributed by atoms with Crippen LogP contribution in [0.2, 0.25) is 5.02 Å². The minimum Gasteiger partial charge on any atom is -0.388 e. The normalized spacial score (nSPS) is 13.8. The van der Waals surface area contributed by atoms with E-state index in [9.17, 15) is 22.7 Å². The van der Waals surface area contributed by atoms with Crippen molar-refractivity contribution < 1.29 is 22.7 Å². The van der Waals surface area contributed by atoms with Gasteiger partial charge in [0.2, 0.25) is 0 Å². The largest absolute Gasteiger partial charge is 0.389 e. The summed E-state index contributed by atoms with van der Waals surface area (Å²) in [7, 11) is 0. The molecule has 96 valence electrons. The number of alkyl halides is 3. The van der Waals surface area contributed by atoms with Gasteiger partial charge >= 0.3 is 6.18 Å². The lowest BCUT2D eigenvalue weighted by Crippen LogP contribution is -2.08. The predicted octanol–water partition coefficient (Wildman–Crippen LogP) is 4.25. The fourth-order valence-corrected chi connectivity index (χ4v) is 1.60. The van der Waals surface area contributed by atoms with E-state index in [1.54, 1.807) is 0 Å². The molecule has 1 aromatic carbocycles. The zero-order chi connectivity index (χ0) is 13.1. The Hall–Kier alpha value is -0.810.